The van der Waals surface area contributed by atoms with Crippen LogP contribution in [0.2, 0.25) is 5.02 Å². The van der Waals surface area contributed by atoms with Gasteiger partial charge in [-0.05, 0) is 55.3 Å². The van der Waals surface area contributed by atoms with E-state index in [4.69, 9.17) is 16.3 Å². The van der Waals surface area contributed by atoms with Crippen LogP contribution in [-0.2, 0) is 10.0 Å². The molecular formula is C20H23ClN2O4S. The lowest BCUT2D eigenvalue weighted by Gasteiger charge is -2.21. The largest absolute Gasteiger partial charge is 0.497 e. The summed E-state index contributed by atoms with van der Waals surface area (Å²) in [6.07, 6.45) is 4.14. The fourth-order valence-corrected chi connectivity index (χ4v) is 4.75. The molecule has 3 rings (SSSR count). The van der Waals surface area contributed by atoms with Crippen LogP contribution in [0.4, 0.5) is 5.69 Å². The third-order valence-corrected chi connectivity index (χ3v) is 6.57. The van der Waals surface area contributed by atoms with E-state index < -0.39 is 10.0 Å². The Morgan fingerprint density at radius 3 is 2.29 bits per heavy atom. The van der Waals surface area contributed by atoms with E-state index in [0.717, 1.165) is 25.7 Å². The van der Waals surface area contributed by atoms with Crippen molar-refractivity contribution in [3.05, 3.63) is 53.1 Å². The number of carbonyl (C=O) groups is 1. The quantitative estimate of drug-likeness (QED) is 0.784. The predicted molar refractivity (Wildman–Crippen MR) is 110 cm³/mol. The van der Waals surface area contributed by atoms with Crippen LogP contribution in [0, 0.1) is 0 Å². The molecule has 0 aromatic heterocycles. The summed E-state index contributed by atoms with van der Waals surface area (Å²) >= 11 is 6.15. The minimum absolute atomic E-state index is 0.0634. The van der Waals surface area contributed by atoms with Crippen LogP contribution in [0.3, 0.4) is 0 Å². The van der Waals surface area contributed by atoms with E-state index in [-0.39, 0.29) is 15.8 Å². The lowest BCUT2D eigenvalue weighted by atomic mass is 10.2. The number of amides is 1. The summed E-state index contributed by atoms with van der Waals surface area (Å²) in [6, 6.07) is 10.9. The molecule has 2 aromatic carbocycles. The van der Waals surface area contributed by atoms with Gasteiger partial charge in [0.1, 0.15) is 10.6 Å². The minimum Gasteiger partial charge on any atom is -0.497 e. The molecule has 150 valence electrons. The van der Waals surface area contributed by atoms with Crippen LogP contribution in [-0.4, -0.2) is 39.4 Å². The van der Waals surface area contributed by atoms with E-state index in [1.54, 1.807) is 35.2 Å². The second kappa shape index (κ2) is 8.84. The zero-order valence-electron chi connectivity index (χ0n) is 15.7. The molecule has 0 aliphatic carbocycles. The number of carbonyl (C=O) groups excluding carboxylic acids is 1. The maximum atomic E-state index is 12.8. The number of sulfonamides is 1. The lowest BCUT2D eigenvalue weighted by molar-refractivity contribution is 0.0761. The topological polar surface area (TPSA) is 75.7 Å². The molecule has 1 fully saturated rings. The Kier molecular flexibility index (Phi) is 6.46. The number of nitrogens with zero attached hydrogens (tertiary/aromatic N) is 1. The van der Waals surface area contributed by atoms with Gasteiger partial charge in [-0.2, -0.15) is 0 Å². The first-order valence-corrected chi connectivity index (χ1v) is 11.0. The molecule has 2 aromatic rings. The zero-order chi connectivity index (χ0) is 20.1. The van der Waals surface area contributed by atoms with E-state index in [0.29, 0.717) is 30.1 Å². The van der Waals surface area contributed by atoms with Gasteiger partial charge in [-0.3, -0.25) is 9.52 Å². The molecule has 0 saturated carbocycles. The molecular weight excluding hydrogens is 400 g/mol. The molecule has 1 amide bonds. The molecule has 0 bridgehead atoms. The highest BCUT2D eigenvalue weighted by atomic mass is 35.5. The van der Waals surface area contributed by atoms with Crippen LogP contribution >= 0.6 is 11.6 Å². The van der Waals surface area contributed by atoms with Gasteiger partial charge in [0.25, 0.3) is 15.9 Å². The van der Waals surface area contributed by atoms with Crippen molar-refractivity contribution in [1.29, 1.82) is 0 Å². The lowest BCUT2D eigenvalue weighted by Crippen LogP contribution is -2.32. The Hall–Kier alpha value is -2.25. The second-order valence-electron chi connectivity index (χ2n) is 6.69. The second-order valence-corrected chi connectivity index (χ2v) is 8.74. The fourth-order valence-electron chi connectivity index (χ4n) is 3.17. The molecule has 1 aliphatic rings. The van der Waals surface area contributed by atoms with Gasteiger partial charge >= 0.3 is 0 Å². The van der Waals surface area contributed by atoms with Gasteiger partial charge in [-0.1, -0.05) is 24.4 Å². The molecule has 1 saturated heterocycles. The SMILES string of the molecule is COc1ccc(NS(=O)(=O)c2cc(C(=O)N3CCCCCC3)ccc2Cl)cc1. The van der Waals surface area contributed by atoms with Crippen LogP contribution in [0.15, 0.2) is 47.4 Å². The van der Waals surface area contributed by atoms with Gasteiger partial charge in [0.05, 0.1) is 12.1 Å². The van der Waals surface area contributed by atoms with Crippen molar-refractivity contribution in [2.75, 3.05) is 24.9 Å². The van der Waals surface area contributed by atoms with Gasteiger partial charge in [-0.25, -0.2) is 8.42 Å². The third-order valence-electron chi connectivity index (χ3n) is 4.70. The molecule has 6 nitrogen and oxygen atoms in total. The van der Waals surface area contributed by atoms with Gasteiger partial charge in [0.15, 0.2) is 0 Å². The van der Waals surface area contributed by atoms with Crippen molar-refractivity contribution in [3.8, 4) is 5.75 Å². The number of likely N-dealkylation sites (tertiary alicyclic amines) is 1. The van der Waals surface area contributed by atoms with Crippen LogP contribution in [0.1, 0.15) is 36.0 Å². The molecule has 0 spiro atoms. The van der Waals surface area contributed by atoms with Gasteiger partial charge < -0.3 is 9.64 Å². The first kappa shape index (κ1) is 20.5. The molecule has 1 aliphatic heterocycles. The molecule has 0 unspecified atom stereocenters. The number of methoxy groups -OCH3 is 1. The standard InChI is InChI=1S/C20H23ClN2O4S/c1-27-17-9-7-16(8-10-17)22-28(25,26)19-14-15(6-11-18(19)21)20(24)23-12-4-2-3-5-13-23/h6-11,14,22H,2-5,12-13H2,1H3. The maximum absolute atomic E-state index is 12.8. The number of rotatable bonds is 5. The summed E-state index contributed by atoms with van der Waals surface area (Å²) in [5, 5.41) is 0.0634. The van der Waals surface area contributed by atoms with Crippen molar-refractivity contribution < 1.29 is 17.9 Å². The molecule has 0 atom stereocenters. The number of hydrogen-bond acceptors (Lipinski definition) is 4. The van der Waals surface area contributed by atoms with Crippen molar-refractivity contribution in [1.82, 2.24) is 4.90 Å². The number of anilines is 1. The average Bonchev–Trinajstić information content (AvgIpc) is 2.97. The summed E-state index contributed by atoms with van der Waals surface area (Å²) in [5.74, 6) is 0.450. The maximum Gasteiger partial charge on any atom is 0.263 e. The fraction of sp³-hybridized carbons (Fsp3) is 0.350. The Morgan fingerprint density at radius 1 is 1.04 bits per heavy atom. The van der Waals surface area contributed by atoms with E-state index >= 15 is 0 Å². The summed E-state index contributed by atoms with van der Waals surface area (Å²) in [5.41, 5.74) is 0.697. The summed E-state index contributed by atoms with van der Waals surface area (Å²) in [6.45, 7) is 1.38. The average molecular weight is 423 g/mol. The summed E-state index contributed by atoms with van der Waals surface area (Å²) in [4.78, 5) is 14.5. The Balaban J connectivity index is 1.85. The molecule has 0 radical (unpaired) electrons. The minimum atomic E-state index is -3.95. The van der Waals surface area contributed by atoms with Gasteiger partial charge in [-0.15, -0.1) is 0 Å². The first-order valence-electron chi connectivity index (χ1n) is 9.16. The summed E-state index contributed by atoms with van der Waals surface area (Å²) < 4.78 is 33.2. The Bertz CT molecular complexity index is 937. The highest BCUT2D eigenvalue weighted by Gasteiger charge is 2.23. The number of ether oxygens (including phenoxy) is 1. The van der Waals surface area contributed by atoms with Crippen LogP contribution in [0.25, 0.3) is 0 Å². The monoisotopic (exact) mass is 422 g/mol. The van der Waals surface area contributed by atoms with Crippen LogP contribution in [0.5, 0.6) is 5.75 Å². The number of hydrogen-bond donors (Lipinski definition) is 1. The molecule has 1 heterocycles. The van der Waals surface area contributed by atoms with Crippen molar-refractivity contribution >= 4 is 33.2 Å². The zero-order valence-corrected chi connectivity index (χ0v) is 17.2. The van der Waals surface area contributed by atoms with Crippen molar-refractivity contribution in [3.63, 3.8) is 0 Å². The van der Waals surface area contributed by atoms with E-state index in [9.17, 15) is 13.2 Å². The molecule has 1 N–H and O–H groups in total. The highest BCUT2D eigenvalue weighted by molar-refractivity contribution is 7.92. The Morgan fingerprint density at radius 2 is 1.68 bits per heavy atom. The van der Waals surface area contributed by atoms with Gasteiger partial charge in [0, 0.05) is 24.3 Å². The highest BCUT2D eigenvalue weighted by Crippen LogP contribution is 2.27. The van der Waals surface area contributed by atoms with E-state index in [2.05, 4.69) is 4.72 Å². The smallest absolute Gasteiger partial charge is 0.263 e. The van der Waals surface area contributed by atoms with Crippen LogP contribution < -0.4 is 9.46 Å². The summed E-state index contributed by atoms with van der Waals surface area (Å²) in [7, 11) is -2.42. The van der Waals surface area contributed by atoms with Gasteiger partial charge in [0.2, 0.25) is 0 Å². The predicted octanol–water partition coefficient (Wildman–Crippen LogP) is 4.17. The Labute approximate surface area is 170 Å². The van der Waals surface area contributed by atoms with E-state index in [1.165, 1.54) is 19.2 Å². The number of benzene rings is 2. The van der Waals surface area contributed by atoms with Crippen molar-refractivity contribution in [2.24, 2.45) is 0 Å². The number of halogens is 1. The van der Waals surface area contributed by atoms with E-state index in [1.807, 2.05) is 0 Å². The number of nitrogens with one attached hydrogen (secondary N) is 1. The molecule has 8 heteroatoms. The first-order chi connectivity index (χ1) is 13.4. The normalized spacial score (nSPS) is 15.0. The van der Waals surface area contributed by atoms with Crippen molar-refractivity contribution in [2.45, 2.75) is 30.6 Å². The third kappa shape index (κ3) is 4.77. The molecule has 28 heavy (non-hydrogen) atoms.